The minimum Gasteiger partial charge on any atom is -0.316 e. The molecule has 0 aromatic heterocycles. The Hall–Kier alpha value is -0.0800. The minimum atomic E-state index is 0.714. The number of nitrogens with zero attached hydrogens (tertiary/aromatic N) is 1. The first-order chi connectivity index (χ1) is 6.72. The van der Waals surface area contributed by atoms with E-state index in [4.69, 9.17) is 0 Å². The van der Waals surface area contributed by atoms with Crippen LogP contribution in [0.3, 0.4) is 0 Å². The van der Waals surface area contributed by atoms with Gasteiger partial charge in [-0.1, -0.05) is 13.8 Å². The van der Waals surface area contributed by atoms with Gasteiger partial charge in [-0.25, -0.2) is 0 Å². The third kappa shape index (κ3) is 2.48. The topological polar surface area (TPSA) is 15.3 Å². The van der Waals surface area contributed by atoms with E-state index >= 15 is 0 Å². The first-order valence-corrected chi connectivity index (χ1v) is 6.17. The second-order valence-electron chi connectivity index (χ2n) is 4.73. The summed E-state index contributed by atoms with van der Waals surface area (Å²) < 4.78 is 0. The quantitative estimate of drug-likeness (QED) is 0.694. The van der Waals surface area contributed by atoms with Crippen LogP contribution >= 0.6 is 0 Å². The molecular weight excluding hydrogens is 172 g/mol. The molecule has 0 saturated carbocycles. The van der Waals surface area contributed by atoms with Gasteiger partial charge in [-0.2, -0.15) is 0 Å². The summed E-state index contributed by atoms with van der Waals surface area (Å²) in [4.78, 5) is 2.60. The molecule has 2 nitrogen and oxygen atoms in total. The van der Waals surface area contributed by atoms with Gasteiger partial charge in [0.2, 0.25) is 0 Å². The second-order valence-corrected chi connectivity index (χ2v) is 4.73. The SMILES string of the molecule is CC.CC(C)N1CCC2(CC1)CNC2. The first kappa shape index (κ1) is 12.0. The summed E-state index contributed by atoms with van der Waals surface area (Å²) in [5.41, 5.74) is 0.714. The lowest BCUT2D eigenvalue weighted by molar-refractivity contribution is 0.0418. The highest BCUT2D eigenvalue weighted by atomic mass is 15.2. The van der Waals surface area contributed by atoms with Gasteiger partial charge in [0.1, 0.15) is 0 Å². The largest absolute Gasteiger partial charge is 0.316 e. The van der Waals surface area contributed by atoms with Crippen molar-refractivity contribution in [3.8, 4) is 0 Å². The van der Waals surface area contributed by atoms with E-state index in [1.165, 1.54) is 39.0 Å². The third-order valence-electron chi connectivity index (χ3n) is 3.59. The zero-order valence-corrected chi connectivity index (χ0v) is 10.3. The Bertz CT molecular complexity index is 152. The van der Waals surface area contributed by atoms with Crippen molar-refractivity contribution < 1.29 is 0 Å². The van der Waals surface area contributed by atoms with E-state index in [0.29, 0.717) is 5.41 Å². The van der Waals surface area contributed by atoms with Gasteiger partial charge in [0.25, 0.3) is 0 Å². The number of hydrogen-bond acceptors (Lipinski definition) is 2. The van der Waals surface area contributed by atoms with E-state index in [1.807, 2.05) is 13.8 Å². The number of nitrogens with one attached hydrogen (secondary N) is 1. The normalized spacial score (nSPS) is 25.5. The Kier molecular flexibility index (Phi) is 4.39. The average Bonchev–Trinajstić information content (AvgIpc) is 2.19. The third-order valence-corrected chi connectivity index (χ3v) is 3.59. The van der Waals surface area contributed by atoms with Crippen molar-refractivity contribution in [2.45, 2.75) is 46.6 Å². The number of piperidine rings is 1. The molecule has 2 rings (SSSR count). The Morgan fingerprint density at radius 3 is 1.86 bits per heavy atom. The van der Waals surface area contributed by atoms with Gasteiger partial charge in [-0.05, 0) is 45.2 Å². The molecule has 0 aromatic rings. The fraction of sp³-hybridized carbons (Fsp3) is 1.00. The van der Waals surface area contributed by atoms with Crippen molar-refractivity contribution >= 4 is 0 Å². The minimum absolute atomic E-state index is 0.714. The summed E-state index contributed by atoms with van der Waals surface area (Å²) in [5.74, 6) is 0. The van der Waals surface area contributed by atoms with Crippen LogP contribution in [-0.4, -0.2) is 37.1 Å². The summed E-state index contributed by atoms with van der Waals surface area (Å²) in [5, 5.41) is 3.40. The van der Waals surface area contributed by atoms with Gasteiger partial charge in [-0.3, -0.25) is 0 Å². The lowest BCUT2D eigenvalue weighted by Gasteiger charge is -2.49. The molecule has 0 atom stereocenters. The molecule has 0 unspecified atom stereocenters. The van der Waals surface area contributed by atoms with Gasteiger partial charge in [-0.15, -0.1) is 0 Å². The fourth-order valence-electron chi connectivity index (χ4n) is 2.35. The Morgan fingerprint density at radius 2 is 1.57 bits per heavy atom. The first-order valence-electron chi connectivity index (χ1n) is 6.17. The van der Waals surface area contributed by atoms with Crippen LogP contribution in [0.4, 0.5) is 0 Å². The van der Waals surface area contributed by atoms with Crippen molar-refractivity contribution in [3.05, 3.63) is 0 Å². The summed E-state index contributed by atoms with van der Waals surface area (Å²) in [6.07, 6.45) is 2.83. The monoisotopic (exact) mass is 198 g/mol. The molecule has 1 spiro atoms. The molecule has 2 fully saturated rings. The molecule has 2 heteroatoms. The van der Waals surface area contributed by atoms with Crippen molar-refractivity contribution in [2.75, 3.05) is 26.2 Å². The van der Waals surface area contributed by atoms with Crippen LogP contribution in [0.25, 0.3) is 0 Å². The van der Waals surface area contributed by atoms with Crippen molar-refractivity contribution in [3.63, 3.8) is 0 Å². The van der Waals surface area contributed by atoms with Crippen LogP contribution in [0.15, 0.2) is 0 Å². The maximum atomic E-state index is 3.40. The van der Waals surface area contributed by atoms with Crippen LogP contribution in [0.1, 0.15) is 40.5 Å². The molecule has 0 radical (unpaired) electrons. The maximum Gasteiger partial charge on any atom is 0.00385 e. The van der Waals surface area contributed by atoms with Gasteiger partial charge >= 0.3 is 0 Å². The van der Waals surface area contributed by atoms with E-state index in [2.05, 4.69) is 24.1 Å². The van der Waals surface area contributed by atoms with Gasteiger partial charge < -0.3 is 10.2 Å². The van der Waals surface area contributed by atoms with Gasteiger partial charge in [0.15, 0.2) is 0 Å². The molecule has 84 valence electrons. The molecule has 2 aliphatic rings. The van der Waals surface area contributed by atoms with E-state index < -0.39 is 0 Å². The summed E-state index contributed by atoms with van der Waals surface area (Å²) >= 11 is 0. The lowest BCUT2D eigenvalue weighted by atomic mass is 9.73. The fourth-order valence-corrected chi connectivity index (χ4v) is 2.35. The highest BCUT2D eigenvalue weighted by Gasteiger charge is 2.39. The van der Waals surface area contributed by atoms with E-state index in [-0.39, 0.29) is 0 Å². The highest BCUT2D eigenvalue weighted by molar-refractivity contribution is 4.96. The molecule has 2 saturated heterocycles. The molecule has 2 heterocycles. The van der Waals surface area contributed by atoms with Crippen molar-refractivity contribution in [1.29, 1.82) is 0 Å². The molecule has 2 aliphatic heterocycles. The molecule has 0 aliphatic carbocycles. The van der Waals surface area contributed by atoms with Crippen molar-refractivity contribution in [1.82, 2.24) is 10.2 Å². The maximum absolute atomic E-state index is 3.40. The van der Waals surface area contributed by atoms with Crippen LogP contribution in [-0.2, 0) is 0 Å². The lowest BCUT2D eigenvalue weighted by Crippen LogP contribution is -2.58. The van der Waals surface area contributed by atoms with Crippen LogP contribution < -0.4 is 5.32 Å². The van der Waals surface area contributed by atoms with E-state index in [1.54, 1.807) is 0 Å². The van der Waals surface area contributed by atoms with E-state index in [0.717, 1.165) is 6.04 Å². The smallest absolute Gasteiger partial charge is 0.00385 e. The molecular formula is C12H26N2. The zero-order chi connectivity index (χ0) is 10.6. The predicted octanol–water partition coefficient (Wildman–Crippen LogP) is 2.11. The predicted molar refractivity (Wildman–Crippen MR) is 62.6 cm³/mol. The molecule has 0 aromatic carbocycles. The Balaban J connectivity index is 0.000000461. The van der Waals surface area contributed by atoms with Gasteiger partial charge in [0, 0.05) is 19.1 Å². The molecule has 0 amide bonds. The zero-order valence-electron chi connectivity index (χ0n) is 10.3. The average molecular weight is 198 g/mol. The summed E-state index contributed by atoms with van der Waals surface area (Å²) in [6.45, 7) is 13.8. The number of likely N-dealkylation sites (tertiary alicyclic amines) is 1. The summed E-state index contributed by atoms with van der Waals surface area (Å²) in [6, 6.07) is 0.746. The molecule has 1 N–H and O–H groups in total. The van der Waals surface area contributed by atoms with Gasteiger partial charge in [0.05, 0.1) is 0 Å². The Labute approximate surface area is 89.1 Å². The van der Waals surface area contributed by atoms with E-state index in [9.17, 15) is 0 Å². The second kappa shape index (κ2) is 5.13. The van der Waals surface area contributed by atoms with Crippen LogP contribution in [0, 0.1) is 5.41 Å². The summed E-state index contributed by atoms with van der Waals surface area (Å²) in [7, 11) is 0. The standard InChI is InChI=1S/C10H20N2.C2H6/c1-9(2)12-5-3-10(4-6-12)7-11-8-10;1-2/h9,11H,3-8H2,1-2H3;1-2H3. The Morgan fingerprint density at radius 1 is 1.07 bits per heavy atom. The molecule has 14 heavy (non-hydrogen) atoms. The number of hydrogen-bond donors (Lipinski definition) is 1. The molecule has 0 bridgehead atoms. The highest BCUT2D eigenvalue weighted by Crippen LogP contribution is 2.35. The van der Waals surface area contributed by atoms with Crippen LogP contribution in [0.5, 0.6) is 0 Å². The van der Waals surface area contributed by atoms with Crippen LogP contribution in [0.2, 0.25) is 0 Å². The van der Waals surface area contributed by atoms with Crippen molar-refractivity contribution in [2.24, 2.45) is 5.41 Å². The number of rotatable bonds is 1.